The van der Waals surface area contributed by atoms with Crippen LogP contribution in [0.3, 0.4) is 0 Å². The van der Waals surface area contributed by atoms with Crippen molar-refractivity contribution in [2.24, 2.45) is 11.7 Å². The Morgan fingerprint density at radius 1 is 1.08 bits per heavy atom. The van der Waals surface area contributed by atoms with Gasteiger partial charge in [-0.15, -0.1) is 12.4 Å². The topological polar surface area (TPSA) is 55.1 Å². The molecule has 3 N–H and O–H groups in total. The molecule has 1 saturated carbocycles. The smallest absolute Gasteiger partial charge is 0.251 e. The molecule has 0 saturated heterocycles. The van der Waals surface area contributed by atoms with Crippen molar-refractivity contribution in [3.63, 3.8) is 0 Å². The molecule has 1 fully saturated rings. The third-order valence-electron chi connectivity index (χ3n) is 4.19. The summed E-state index contributed by atoms with van der Waals surface area (Å²) in [6, 6.07) is 8.02. The first-order chi connectivity index (χ1) is 11.5. The molecule has 1 aliphatic carbocycles. The Balaban J connectivity index is 0.00000225. The molecular formula is C18H18ClF3N2O. The molecule has 0 aromatic heterocycles. The SMILES string of the molecule is Cl.NC(CNC(=O)c1ccc(-c2cc(F)c(F)c(F)c2)cc1)C1CC1. The first-order valence-corrected chi connectivity index (χ1v) is 7.74. The second-order valence-corrected chi connectivity index (χ2v) is 6.04. The third kappa shape index (κ3) is 4.52. The van der Waals surface area contributed by atoms with Crippen molar-refractivity contribution in [1.82, 2.24) is 5.32 Å². The second-order valence-electron chi connectivity index (χ2n) is 6.04. The van der Waals surface area contributed by atoms with Gasteiger partial charge in [-0.25, -0.2) is 13.2 Å². The summed E-state index contributed by atoms with van der Waals surface area (Å²) in [5.74, 6) is -3.76. The van der Waals surface area contributed by atoms with E-state index in [1.54, 1.807) is 24.3 Å². The second kappa shape index (κ2) is 7.89. The van der Waals surface area contributed by atoms with Gasteiger partial charge in [-0.05, 0) is 54.2 Å². The summed E-state index contributed by atoms with van der Waals surface area (Å²) < 4.78 is 39.6. The van der Waals surface area contributed by atoms with Crippen LogP contribution in [0.1, 0.15) is 23.2 Å². The fraction of sp³-hybridized carbons (Fsp3) is 0.278. The van der Waals surface area contributed by atoms with E-state index in [9.17, 15) is 18.0 Å². The number of nitrogens with two attached hydrogens (primary N) is 1. The van der Waals surface area contributed by atoms with Gasteiger partial charge >= 0.3 is 0 Å². The molecule has 1 unspecified atom stereocenters. The Morgan fingerprint density at radius 2 is 1.64 bits per heavy atom. The van der Waals surface area contributed by atoms with E-state index in [0.29, 0.717) is 23.6 Å². The normalized spacial score (nSPS) is 14.6. The minimum atomic E-state index is -1.50. The number of carbonyl (C=O) groups is 1. The van der Waals surface area contributed by atoms with Crippen molar-refractivity contribution in [3.05, 3.63) is 59.4 Å². The summed E-state index contributed by atoms with van der Waals surface area (Å²) in [5, 5.41) is 2.77. The van der Waals surface area contributed by atoms with Crippen LogP contribution in [0.15, 0.2) is 36.4 Å². The average molecular weight is 371 g/mol. The number of hydrogen-bond donors (Lipinski definition) is 2. The molecule has 0 heterocycles. The molecule has 3 nitrogen and oxygen atoms in total. The maximum atomic E-state index is 13.3. The Hall–Kier alpha value is -2.05. The van der Waals surface area contributed by atoms with Gasteiger partial charge in [0, 0.05) is 18.2 Å². The molecule has 1 atom stereocenters. The summed E-state index contributed by atoms with van der Waals surface area (Å²) in [6.45, 7) is 0.416. The molecule has 25 heavy (non-hydrogen) atoms. The fourth-order valence-corrected chi connectivity index (χ4v) is 2.54. The first kappa shape index (κ1) is 19.3. The molecule has 1 amide bonds. The Bertz CT molecular complexity index is 740. The summed E-state index contributed by atoms with van der Waals surface area (Å²) in [4.78, 5) is 12.1. The number of amides is 1. The van der Waals surface area contributed by atoms with Gasteiger partial charge < -0.3 is 11.1 Å². The van der Waals surface area contributed by atoms with E-state index in [-0.39, 0.29) is 29.9 Å². The zero-order valence-corrected chi connectivity index (χ0v) is 14.1. The van der Waals surface area contributed by atoms with Crippen molar-refractivity contribution in [2.45, 2.75) is 18.9 Å². The minimum absolute atomic E-state index is 0. The van der Waals surface area contributed by atoms with Crippen LogP contribution in [-0.2, 0) is 0 Å². The van der Waals surface area contributed by atoms with Crippen molar-refractivity contribution in [3.8, 4) is 11.1 Å². The molecule has 2 aromatic carbocycles. The van der Waals surface area contributed by atoms with Crippen LogP contribution in [0.5, 0.6) is 0 Å². The van der Waals surface area contributed by atoms with Crippen LogP contribution in [0.25, 0.3) is 11.1 Å². The first-order valence-electron chi connectivity index (χ1n) is 7.74. The quantitative estimate of drug-likeness (QED) is 0.789. The molecular weight excluding hydrogens is 353 g/mol. The predicted molar refractivity (Wildman–Crippen MR) is 92.0 cm³/mol. The summed E-state index contributed by atoms with van der Waals surface area (Å²) >= 11 is 0. The number of nitrogens with one attached hydrogen (secondary N) is 1. The van der Waals surface area contributed by atoms with Crippen LogP contribution >= 0.6 is 12.4 Å². The van der Waals surface area contributed by atoms with Gasteiger partial charge in [0.2, 0.25) is 0 Å². The molecule has 7 heteroatoms. The van der Waals surface area contributed by atoms with Gasteiger partial charge in [0.05, 0.1) is 0 Å². The van der Waals surface area contributed by atoms with Gasteiger partial charge in [-0.2, -0.15) is 0 Å². The van der Waals surface area contributed by atoms with Crippen LogP contribution < -0.4 is 11.1 Å². The van der Waals surface area contributed by atoms with E-state index < -0.39 is 17.5 Å². The van der Waals surface area contributed by atoms with E-state index in [0.717, 1.165) is 25.0 Å². The highest BCUT2D eigenvalue weighted by Crippen LogP contribution is 2.31. The lowest BCUT2D eigenvalue weighted by Crippen LogP contribution is -2.38. The molecule has 134 valence electrons. The fourth-order valence-electron chi connectivity index (χ4n) is 2.54. The van der Waals surface area contributed by atoms with Gasteiger partial charge in [-0.3, -0.25) is 4.79 Å². The zero-order valence-electron chi connectivity index (χ0n) is 13.3. The number of hydrogen-bond acceptors (Lipinski definition) is 2. The molecule has 2 aromatic rings. The Kier molecular flexibility index (Phi) is 6.08. The number of rotatable bonds is 5. The monoisotopic (exact) mass is 370 g/mol. The summed E-state index contributed by atoms with van der Waals surface area (Å²) in [7, 11) is 0. The molecule has 3 rings (SSSR count). The van der Waals surface area contributed by atoms with Crippen LogP contribution in [0.2, 0.25) is 0 Å². The standard InChI is InChI=1S/C18H17F3N2O.ClH/c19-14-7-13(8-15(20)17(14)21)10-1-5-12(6-2-10)18(24)23-9-16(22)11-3-4-11;/h1-2,5-8,11,16H,3-4,9,22H2,(H,23,24);1H. The van der Waals surface area contributed by atoms with Crippen LogP contribution in [0, 0.1) is 23.4 Å². The van der Waals surface area contributed by atoms with Crippen LogP contribution in [0.4, 0.5) is 13.2 Å². The van der Waals surface area contributed by atoms with Crippen molar-refractivity contribution >= 4 is 18.3 Å². The third-order valence-corrected chi connectivity index (χ3v) is 4.19. The van der Waals surface area contributed by atoms with E-state index in [4.69, 9.17) is 5.73 Å². The summed E-state index contributed by atoms with van der Waals surface area (Å²) in [6.07, 6.45) is 2.22. The minimum Gasteiger partial charge on any atom is -0.350 e. The van der Waals surface area contributed by atoms with Gasteiger partial charge in [0.1, 0.15) is 0 Å². The lowest BCUT2D eigenvalue weighted by atomic mass is 10.0. The molecule has 0 spiro atoms. The predicted octanol–water partition coefficient (Wildman–Crippen LogP) is 3.66. The highest BCUT2D eigenvalue weighted by Gasteiger charge is 2.28. The van der Waals surface area contributed by atoms with Crippen LogP contribution in [-0.4, -0.2) is 18.5 Å². The number of benzene rings is 2. The highest BCUT2D eigenvalue weighted by atomic mass is 35.5. The maximum absolute atomic E-state index is 13.3. The largest absolute Gasteiger partial charge is 0.350 e. The van der Waals surface area contributed by atoms with Gasteiger partial charge in [0.25, 0.3) is 5.91 Å². The Morgan fingerprint density at radius 3 is 2.16 bits per heavy atom. The summed E-state index contributed by atoms with van der Waals surface area (Å²) in [5.41, 5.74) is 7.04. The number of halogens is 4. The van der Waals surface area contributed by atoms with Crippen molar-refractivity contribution < 1.29 is 18.0 Å². The Labute approximate surface area is 149 Å². The molecule has 1 aliphatic rings. The molecule has 0 radical (unpaired) electrons. The molecule has 0 bridgehead atoms. The molecule has 0 aliphatic heterocycles. The lowest BCUT2D eigenvalue weighted by Gasteiger charge is -2.12. The van der Waals surface area contributed by atoms with E-state index in [2.05, 4.69) is 5.32 Å². The van der Waals surface area contributed by atoms with Crippen molar-refractivity contribution in [2.75, 3.05) is 6.54 Å². The van der Waals surface area contributed by atoms with Gasteiger partial charge in [0.15, 0.2) is 17.5 Å². The van der Waals surface area contributed by atoms with Gasteiger partial charge in [-0.1, -0.05) is 12.1 Å². The van der Waals surface area contributed by atoms with E-state index >= 15 is 0 Å². The van der Waals surface area contributed by atoms with E-state index in [1.165, 1.54) is 0 Å². The average Bonchev–Trinajstić information content (AvgIpc) is 3.42. The maximum Gasteiger partial charge on any atom is 0.251 e. The number of carbonyl (C=O) groups excluding carboxylic acids is 1. The lowest BCUT2D eigenvalue weighted by molar-refractivity contribution is 0.0950. The zero-order chi connectivity index (χ0) is 17.3. The van der Waals surface area contributed by atoms with E-state index in [1.807, 2.05) is 0 Å². The van der Waals surface area contributed by atoms with Crippen molar-refractivity contribution in [1.29, 1.82) is 0 Å². The highest BCUT2D eigenvalue weighted by molar-refractivity contribution is 5.94.